The number of aliphatic carboxylic acids is 1. The minimum atomic E-state index is -0.795. The van der Waals surface area contributed by atoms with Crippen LogP contribution in [0.3, 0.4) is 0 Å². The van der Waals surface area contributed by atoms with Gasteiger partial charge in [-0.25, -0.2) is 0 Å². The standard InChI is InChI=1S/C20H32O5/c1-2-3-6-9-15(21)12-13-17-16(18(22)14-19(17)23)10-7-4-5-8-11-20(24)25/h4,7,12-13,16-19,22-23H,2-3,5-6,8-11,14H2,1H3,(H,24,25)/t16-,17-,18?,19?/m1/s1. The molecule has 1 aliphatic carbocycles. The molecule has 0 saturated heterocycles. The third-order valence-electron chi connectivity index (χ3n) is 4.78. The second kappa shape index (κ2) is 12.0. The summed E-state index contributed by atoms with van der Waals surface area (Å²) < 4.78 is 0. The molecule has 2 unspecified atom stereocenters. The van der Waals surface area contributed by atoms with Crippen LogP contribution in [0.15, 0.2) is 24.3 Å². The van der Waals surface area contributed by atoms with Gasteiger partial charge in [0.1, 0.15) is 0 Å². The van der Waals surface area contributed by atoms with Crippen molar-refractivity contribution in [1.82, 2.24) is 0 Å². The summed E-state index contributed by atoms with van der Waals surface area (Å²) >= 11 is 0. The highest BCUT2D eigenvalue weighted by Gasteiger charge is 2.39. The molecule has 1 aliphatic rings. The van der Waals surface area contributed by atoms with Crippen molar-refractivity contribution < 1.29 is 24.9 Å². The first-order valence-electron chi connectivity index (χ1n) is 9.39. The number of ketones is 1. The predicted molar refractivity (Wildman–Crippen MR) is 97.1 cm³/mol. The van der Waals surface area contributed by atoms with Gasteiger partial charge >= 0.3 is 5.97 Å². The van der Waals surface area contributed by atoms with Gasteiger partial charge in [0.2, 0.25) is 0 Å². The molecule has 1 saturated carbocycles. The van der Waals surface area contributed by atoms with E-state index in [1.54, 1.807) is 12.2 Å². The Morgan fingerprint density at radius 3 is 2.48 bits per heavy atom. The SMILES string of the molecule is CCCCCC(=O)C=C[C@H]1C(O)CC(O)[C@@H]1CC=CCCCC(=O)O. The molecule has 5 heteroatoms. The molecular formula is C20H32O5. The van der Waals surface area contributed by atoms with Crippen LogP contribution in [0, 0.1) is 11.8 Å². The van der Waals surface area contributed by atoms with Gasteiger partial charge in [-0.2, -0.15) is 0 Å². The maximum Gasteiger partial charge on any atom is 0.303 e. The Labute approximate surface area is 150 Å². The zero-order valence-corrected chi connectivity index (χ0v) is 15.1. The van der Waals surface area contributed by atoms with Gasteiger partial charge in [0.05, 0.1) is 12.2 Å². The van der Waals surface area contributed by atoms with Crippen LogP contribution >= 0.6 is 0 Å². The highest BCUT2D eigenvalue weighted by Crippen LogP contribution is 2.36. The normalized spacial score (nSPS) is 26.7. The van der Waals surface area contributed by atoms with E-state index in [1.165, 1.54) is 0 Å². The van der Waals surface area contributed by atoms with Gasteiger partial charge in [0.15, 0.2) is 5.78 Å². The van der Waals surface area contributed by atoms with Crippen LogP contribution in [0.1, 0.15) is 64.7 Å². The van der Waals surface area contributed by atoms with E-state index in [4.69, 9.17) is 5.11 Å². The van der Waals surface area contributed by atoms with E-state index in [-0.39, 0.29) is 24.0 Å². The maximum absolute atomic E-state index is 11.9. The Morgan fingerprint density at radius 2 is 1.80 bits per heavy atom. The largest absolute Gasteiger partial charge is 0.481 e. The third kappa shape index (κ3) is 8.45. The summed E-state index contributed by atoms with van der Waals surface area (Å²) in [5.74, 6) is -1.04. The molecule has 25 heavy (non-hydrogen) atoms. The van der Waals surface area contributed by atoms with Gasteiger partial charge in [0, 0.05) is 25.2 Å². The first-order chi connectivity index (χ1) is 12.0. The molecule has 1 rings (SSSR count). The molecular weight excluding hydrogens is 320 g/mol. The lowest BCUT2D eigenvalue weighted by atomic mass is 9.89. The van der Waals surface area contributed by atoms with Gasteiger partial charge in [-0.05, 0) is 37.7 Å². The van der Waals surface area contributed by atoms with Crippen LogP contribution in [0.4, 0.5) is 0 Å². The van der Waals surface area contributed by atoms with Crippen LogP contribution in [-0.4, -0.2) is 39.3 Å². The molecule has 5 nitrogen and oxygen atoms in total. The quantitative estimate of drug-likeness (QED) is 0.285. The average molecular weight is 352 g/mol. The molecule has 1 fully saturated rings. The first kappa shape index (κ1) is 21.6. The number of carbonyl (C=O) groups is 2. The lowest BCUT2D eigenvalue weighted by molar-refractivity contribution is -0.137. The number of carbonyl (C=O) groups excluding carboxylic acids is 1. The summed E-state index contributed by atoms with van der Waals surface area (Å²) in [5.41, 5.74) is 0. The Balaban J connectivity index is 2.48. The molecule has 0 aromatic heterocycles. The van der Waals surface area contributed by atoms with Crippen LogP contribution in [0.5, 0.6) is 0 Å². The number of aliphatic hydroxyl groups is 2. The van der Waals surface area contributed by atoms with Crippen LogP contribution in [0.2, 0.25) is 0 Å². The highest BCUT2D eigenvalue weighted by atomic mass is 16.4. The van der Waals surface area contributed by atoms with Gasteiger partial charge < -0.3 is 15.3 Å². The van der Waals surface area contributed by atoms with Crippen molar-refractivity contribution >= 4 is 11.8 Å². The number of carboxylic acids is 1. The molecule has 3 N–H and O–H groups in total. The van der Waals surface area contributed by atoms with E-state index >= 15 is 0 Å². The second-order valence-electron chi connectivity index (χ2n) is 6.89. The minimum Gasteiger partial charge on any atom is -0.481 e. The number of aliphatic hydroxyl groups excluding tert-OH is 2. The van der Waals surface area contributed by atoms with Crippen LogP contribution in [-0.2, 0) is 9.59 Å². The molecule has 0 aromatic rings. The fraction of sp³-hybridized carbons (Fsp3) is 0.700. The van der Waals surface area contributed by atoms with Crippen molar-refractivity contribution in [2.75, 3.05) is 0 Å². The maximum atomic E-state index is 11.9. The number of rotatable bonds is 12. The van der Waals surface area contributed by atoms with Gasteiger partial charge in [-0.3, -0.25) is 9.59 Å². The fourth-order valence-corrected chi connectivity index (χ4v) is 3.30. The zero-order valence-electron chi connectivity index (χ0n) is 15.1. The summed E-state index contributed by atoms with van der Waals surface area (Å²) in [4.78, 5) is 22.3. The molecule has 4 atom stereocenters. The van der Waals surface area contributed by atoms with Crippen molar-refractivity contribution in [3.05, 3.63) is 24.3 Å². The summed E-state index contributed by atoms with van der Waals surface area (Å²) in [5, 5.41) is 28.9. The highest BCUT2D eigenvalue weighted by molar-refractivity contribution is 5.89. The predicted octanol–water partition coefficient (Wildman–Crippen LogP) is 3.25. The lowest BCUT2D eigenvalue weighted by Crippen LogP contribution is -2.20. The van der Waals surface area contributed by atoms with E-state index in [1.807, 2.05) is 12.2 Å². The number of hydrogen-bond acceptors (Lipinski definition) is 4. The summed E-state index contributed by atoms with van der Waals surface area (Å²) in [7, 11) is 0. The van der Waals surface area contributed by atoms with Crippen molar-refractivity contribution in [3.8, 4) is 0 Å². The number of hydrogen-bond donors (Lipinski definition) is 3. The second-order valence-corrected chi connectivity index (χ2v) is 6.89. The van der Waals surface area contributed by atoms with E-state index in [0.717, 1.165) is 19.3 Å². The summed E-state index contributed by atoms with van der Waals surface area (Å²) in [6.45, 7) is 2.09. The van der Waals surface area contributed by atoms with Crippen molar-refractivity contribution in [2.24, 2.45) is 11.8 Å². The number of unbranched alkanes of at least 4 members (excludes halogenated alkanes) is 3. The molecule has 0 spiro atoms. The Kier molecular flexibility index (Phi) is 10.3. The smallest absolute Gasteiger partial charge is 0.303 e. The number of allylic oxidation sites excluding steroid dienone is 3. The molecule has 0 aromatic carbocycles. The van der Waals surface area contributed by atoms with Crippen molar-refractivity contribution in [3.63, 3.8) is 0 Å². The van der Waals surface area contributed by atoms with E-state index in [0.29, 0.717) is 32.1 Å². The van der Waals surface area contributed by atoms with Crippen molar-refractivity contribution in [1.29, 1.82) is 0 Å². The molecule has 0 heterocycles. The van der Waals surface area contributed by atoms with Crippen LogP contribution < -0.4 is 0 Å². The van der Waals surface area contributed by atoms with Gasteiger partial charge in [0.25, 0.3) is 0 Å². The van der Waals surface area contributed by atoms with Gasteiger partial charge in [-0.15, -0.1) is 0 Å². The molecule has 0 amide bonds. The Hall–Kier alpha value is -1.46. The Morgan fingerprint density at radius 1 is 1.04 bits per heavy atom. The van der Waals surface area contributed by atoms with E-state index in [2.05, 4.69) is 6.92 Å². The average Bonchev–Trinajstić information content (AvgIpc) is 2.82. The topological polar surface area (TPSA) is 94.8 Å². The van der Waals surface area contributed by atoms with Crippen LogP contribution in [0.25, 0.3) is 0 Å². The lowest BCUT2D eigenvalue weighted by Gasteiger charge is -2.19. The Bertz CT molecular complexity index is 469. The summed E-state index contributed by atoms with van der Waals surface area (Å²) in [6.07, 6.45) is 11.9. The van der Waals surface area contributed by atoms with Gasteiger partial charge in [-0.1, -0.05) is 38.0 Å². The number of carboxylic acid groups (broad SMARTS) is 1. The first-order valence-corrected chi connectivity index (χ1v) is 9.39. The van der Waals surface area contributed by atoms with Crippen molar-refractivity contribution in [2.45, 2.75) is 76.9 Å². The molecule has 0 aliphatic heterocycles. The third-order valence-corrected chi connectivity index (χ3v) is 4.78. The molecule has 0 bridgehead atoms. The summed E-state index contributed by atoms with van der Waals surface area (Å²) in [6, 6.07) is 0. The fourth-order valence-electron chi connectivity index (χ4n) is 3.30. The zero-order chi connectivity index (χ0) is 18.7. The molecule has 142 valence electrons. The van der Waals surface area contributed by atoms with E-state index < -0.39 is 18.2 Å². The molecule has 0 radical (unpaired) electrons. The minimum absolute atomic E-state index is 0.0741. The monoisotopic (exact) mass is 352 g/mol. The van der Waals surface area contributed by atoms with E-state index in [9.17, 15) is 19.8 Å².